The van der Waals surface area contributed by atoms with Crippen LogP contribution in [0.25, 0.3) is 0 Å². The molecule has 0 bridgehead atoms. The quantitative estimate of drug-likeness (QED) is 0.765. The van der Waals surface area contributed by atoms with Gasteiger partial charge in [0.25, 0.3) is 0 Å². The molecule has 0 aromatic heterocycles. The normalized spacial score (nSPS) is 16.4. The third kappa shape index (κ3) is 3.75. The first-order valence-electron chi connectivity index (χ1n) is 8.25. The molecule has 1 atom stereocenters. The highest BCUT2D eigenvalue weighted by molar-refractivity contribution is 6.30. The molecule has 0 aliphatic carbocycles. The molecular formula is C20H19ClN2O4. The van der Waals surface area contributed by atoms with Crippen LogP contribution in [0.5, 0.6) is 11.5 Å². The Bertz CT molecular complexity index is 922. The van der Waals surface area contributed by atoms with Gasteiger partial charge in [0, 0.05) is 21.9 Å². The van der Waals surface area contributed by atoms with Gasteiger partial charge in [-0.05, 0) is 48.9 Å². The molecular weight excluding hydrogens is 368 g/mol. The molecule has 1 heterocycles. The Kier molecular flexibility index (Phi) is 5.37. The van der Waals surface area contributed by atoms with Crippen LogP contribution >= 0.6 is 11.6 Å². The van der Waals surface area contributed by atoms with Gasteiger partial charge in [0.2, 0.25) is 0 Å². The Morgan fingerprint density at radius 2 is 1.70 bits per heavy atom. The molecule has 7 heteroatoms. The van der Waals surface area contributed by atoms with E-state index in [1.165, 1.54) is 7.11 Å². The predicted molar refractivity (Wildman–Crippen MR) is 102 cm³/mol. The second kappa shape index (κ2) is 7.72. The van der Waals surface area contributed by atoms with Crippen LogP contribution < -0.4 is 20.1 Å². The first-order chi connectivity index (χ1) is 12.9. The van der Waals surface area contributed by atoms with Crippen molar-refractivity contribution in [3.8, 4) is 11.5 Å². The number of allylic oxidation sites excluding steroid dienone is 1. The summed E-state index contributed by atoms with van der Waals surface area (Å²) in [5, 5.41) is 6.03. The summed E-state index contributed by atoms with van der Waals surface area (Å²) in [5.74, 6) is 0.878. The molecule has 2 N–H and O–H groups in total. The van der Waals surface area contributed by atoms with Gasteiger partial charge in [-0.25, -0.2) is 4.79 Å². The highest BCUT2D eigenvalue weighted by Gasteiger charge is 2.32. The van der Waals surface area contributed by atoms with E-state index >= 15 is 0 Å². The topological polar surface area (TPSA) is 76.7 Å². The van der Waals surface area contributed by atoms with Crippen LogP contribution in [0.15, 0.2) is 53.7 Å². The van der Waals surface area contributed by atoms with Gasteiger partial charge in [0.15, 0.2) is 17.3 Å². The maximum atomic E-state index is 13.1. The second-order valence-electron chi connectivity index (χ2n) is 6.02. The van der Waals surface area contributed by atoms with Crippen molar-refractivity contribution in [3.05, 3.63) is 69.9 Å². The van der Waals surface area contributed by atoms with Crippen molar-refractivity contribution in [1.29, 1.82) is 0 Å². The highest BCUT2D eigenvalue weighted by atomic mass is 35.5. The lowest BCUT2D eigenvalue weighted by Gasteiger charge is -2.29. The lowest BCUT2D eigenvalue weighted by molar-refractivity contribution is 0.102. The third-order valence-electron chi connectivity index (χ3n) is 4.36. The molecule has 27 heavy (non-hydrogen) atoms. The van der Waals surface area contributed by atoms with Crippen molar-refractivity contribution < 1.29 is 19.1 Å². The number of nitrogens with one attached hydrogen (secondary N) is 2. The Balaban J connectivity index is 2.07. The largest absolute Gasteiger partial charge is 0.493 e. The number of benzene rings is 2. The van der Waals surface area contributed by atoms with Gasteiger partial charge in [-0.15, -0.1) is 0 Å². The van der Waals surface area contributed by atoms with Crippen LogP contribution in [0.2, 0.25) is 5.02 Å². The zero-order chi connectivity index (χ0) is 19.6. The lowest BCUT2D eigenvalue weighted by Crippen LogP contribution is -2.45. The van der Waals surface area contributed by atoms with E-state index in [2.05, 4.69) is 10.6 Å². The lowest BCUT2D eigenvalue weighted by atomic mass is 9.89. The molecule has 0 fully saturated rings. The van der Waals surface area contributed by atoms with Gasteiger partial charge >= 0.3 is 6.03 Å². The summed E-state index contributed by atoms with van der Waals surface area (Å²) in [6.45, 7) is 1.70. The van der Waals surface area contributed by atoms with Crippen molar-refractivity contribution in [1.82, 2.24) is 10.6 Å². The number of rotatable bonds is 5. The third-order valence-corrected chi connectivity index (χ3v) is 4.61. The molecule has 0 unspecified atom stereocenters. The van der Waals surface area contributed by atoms with Gasteiger partial charge < -0.3 is 20.1 Å². The number of urea groups is 1. The number of hydrogen-bond donors (Lipinski definition) is 2. The molecule has 0 spiro atoms. The van der Waals surface area contributed by atoms with Gasteiger partial charge in [0.05, 0.1) is 20.3 Å². The molecule has 140 valence electrons. The summed E-state index contributed by atoms with van der Waals surface area (Å²) < 4.78 is 10.6. The molecule has 2 aromatic carbocycles. The zero-order valence-electron chi connectivity index (χ0n) is 15.1. The van der Waals surface area contributed by atoms with E-state index in [9.17, 15) is 9.59 Å². The van der Waals surface area contributed by atoms with Gasteiger partial charge in [-0.3, -0.25) is 4.79 Å². The van der Waals surface area contributed by atoms with E-state index < -0.39 is 6.04 Å². The van der Waals surface area contributed by atoms with Crippen LogP contribution in [-0.2, 0) is 0 Å². The highest BCUT2D eigenvalue weighted by Crippen LogP contribution is 2.35. The maximum absolute atomic E-state index is 13.1. The number of Topliss-reactive ketones (excluding diaryl/α,β-unsaturated/α-hetero) is 1. The standard InChI is InChI=1S/C20H19ClN2O4/c1-11-17(19(24)12-4-7-14(21)8-5-12)18(23-20(25)22-11)13-6-9-15(26-2)16(10-13)27-3/h4-10,18H,1-3H3,(H2,22,23,25)/t18-/m0/s1. The molecule has 2 aromatic rings. The van der Waals surface area contributed by atoms with Crippen LogP contribution in [0, 0.1) is 0 Å². The Morgan fingerprint density at radius 1 is 1.04 bits per heavy atom. The van der Waals surface area contributed by atoms with Crippen molar-refractivity contribution >= 4 is 23.4 Å². The fraction of sp³-hybridized carbons (Fsp3) is 0.200. The Labute approximate surface area is 162 Å². The van der Waals surface area contributed by atoms with Crippen LogP contribution in [-0.4, -0.2) is 26.0 Å². The van der Waals surface area contributed by atoms with E-state index in [0.717, 1.165) is 0 Å². The maximum Gasteiger partial charge on any atom is 0.319 e. The fourth-order valence-corrected chi connectivity index (χ4v) is 3.16. The van der Waals surface area contributed by atoms with Crippen molar-refractivity contribution in [2.24, 2.45) is 0 Å². The number of halogens is 1. The summed E-state index contributed by atoms with van der Waals surface area (Å²) in [6, 6.07) is 10.9. The molecule has 1 aliphatic rings. The Hall–Kier alpha value is -2.99. The number of ketones is 1. The molecule has 2 amide bonds. The minimum absolute atomic E-state index is 0.198. The minimum atomic E-state index is -0.623. The van der Waals surface area contributed by atoms with E-state index in [1.807, 2.05) is 0 Å². The van der Waals surface area contributed by atoms with Crippen LogP contribution in [0.3, 0.4) is 0 Å². The van der Waals surface area contributed by atoms with Crippen molar-refractivity contribution in [2.45, 2.75) is 13.0 Å². The minimum Gasteiger partial charge on any atom is -0.493 e. The smallest absolute Gasteiger partial charge is 0.319 e. The zero-order valence-corrected chi connectivity index (χ0v) is 15.9. The summed E-state index contributed by atoms with van der Waals surface area (Å²) in [4.78, 5) is 25.2. The summed E-state index contributed by atoms with van der Waals surface area (Å²) >= 11 is 5.92. The number of carbonyl (C=O) groups is 2. The summed E-state index contributed by atoms with van der Waals surface area (Å²) in [5.41, 5.74) is 2.14. The Morgan fingerprint density at radius 3 is 2.33 bits per heavy atom. The summed E-state index contributed by atoms with van der Waals surface area (Å²) in [6.07, 6.45) is 0. The van der Waals surface area contributed by atoms with E-state index in [0.29, 0.717) is 38.9 Å². The molecule has 6 nitrogen and oxygen atoms in total. The van der Waals surface area contributed by atoms with Gasteiger partial charge in [-0.2, -0.15) is 0 Å². The first-order valence-corrected chi connectivity index (χ1v) is 8.63. The predicted octanol–water partition coefficient (Wildman–Crippen LogP) is 3.87. The van der Waals surface area contributed by atoms with Crippen molar-refractivity contribution in [3.63, 3.8) is 0 Å². The number of hydrogen-bond acceptors (Lipinski definition) is 4. The number of ether oxygens (including phenoxy) is 2. The van der Waals surface area contributed by atoms with E-state index in [4.69, 9.17) is 21.1 Å². The number of carbonyl (C=O) groups excluding carboxylic acids is 2. The van der Waals surface area contributed by atoms with Crippen LogP contribution in [0.4, 0.5) is 4.79 Å². The molecule has 0 saturated carbocycles. The molecule has 0 saturated heterocycles. The SMILES string of the molecule is COc1ccc([C@@H]2NC(=O)NC(C)=C2C(=O)c2ccc(Cl)cc2)cc1OC. The molecule has 1 aliphatic heterocycles. The molecule has 0 radical (unpaired) electrons. The number of methoxy groups -OCH3 is 2. The fourth-order valence-electron chi connectivity index (χ4n) is 3.03. The summed E-state index contributed by atoms with van der Waals surface area (Å²) in [7, 11) is 3.08. The second-order valence-corrected chi connectivity index (χ2v) is 6.46. The van der Waals surface area contributed by atoms with E-state index in [-0.39, 0.29) is 11.8 Å². The average molecular weight is 387 g/mol. The van der Waals surface area contributed by atoms with Crippen LogP contribution in [0.1, 0.15) is 28.9 Å². The number of amides is 2. The molecule has 3 rings (SSSR count). The monoisotopic (exact) mass is 386 g/mol. The van der Waals surface area contributed by atoms with E-state index in [1.54, 1.807) is 56.5 Å². The first kappa shape index (κ1) is 18.8. The van der Waals surface area contributed by atoms with Gasteiger partial charge in [0.1, 0.15) is 0 Å². The van der Waals surface area contributed by atoms with Crippen molar-refractivity contribution in [2.75, 3.05) is 14.2 Å². The van der Waals surface area contributed by atoms with Gasteiger partial charge in [-0.1, -0.05) is 17.7 Å². The average Bonchev–Trinajstić information content (AvgIpc) is 2.67.